The number of H-pyrrole nitrogens is 1. The predicted octanol–water partition coefficient (Wildman–Crippen LogP) is 1.26. The van der Waals surface area contributed by atoms with Gasteiger partial charge in [-0.25, -0.2) is 0 Å². The topological polar surface area (TPSA) is 120 Å². The van der Waals surface area contributed by atoms with E-state index >= 15 is 0 Å². The number of fused-ring (bicyclic) bond motifs is 1. The number of carbonyl (C=O) groups excluding carboxylic acids is 3. The fraction of sp³-hybridized carbons (Fsp3) is 0.250. The third-order valence-corrected chi connectivity index (χ3v) is 5.30. The molecule has 0 bridgehead atoms. The second kappa shape index (κ2) is 9.47. The lowest BCUT2D eigenvalue weighted by molar-refractivity contribution is -0.128. The standard InChI is InChI=1S/C24H24N4O4/c29-21(14-26-23(31)18-13-25-19-9-5-4-8-17(19)22(18)30)28-20(24(32)27-16-10-11-16)12-15-6-2-1-3-7-15/h1-9,13,16,20H,10-12,14H2,(H,25,30)(H,26,31)(H,27,32)(H,28,29). The average Bonchev–Trinajstić information content (AvgIpc) is 3.62. The zero-order valence-electron chi connectivity index (χ0n) is 17.4. The maximum atomic E-state index is 12.6. The van der Waals surface area contributed by atoms with Gasteiger partial charge in [0.15, 0.2) is 0 Å². The molecular weight excluding hydrogens is 408 g/mol. The van der Waals surface area contributed by atoms with E-state index in [1.807, 2.05) is 30.3 Å². The Morgan fingerprint density at radius 3 is 2.47 bits per heavy atom. The fourth-order valence-electron chi connectivity index (χ4n) is 3.43. The lowest BCUT2D eigenvalue weighted by Crippen LogP contribution is -2.51. The van der Waals surface area contributed by atoms with Crippen molar-refractivity contribution in [3.8, 4) is 0 Å². The first-order valence-electron chi connectivity index (χ1n) is 10.5. The molecule has 1 fully saturated rings. The van der Waals surface area contributed by atoms with Crippen LogP contribution in [0.3, 0.4) is 0 Å². The van der Waals surface area contributed by atoms with Crippen LogP contribution in [0, 0.1) is 0 Å². The quantitative estimate of drug-likeness (QED) is 0.428. The van der Waals surface area contributed by atoms with Gasteiger partial charge in [0.1, 0.15) is 11.6 Å². The van der Waals surface area contributed by atoms with Gasteiger partial charge < -0.3 is 20.9 Å². The van der Waals surface area contributed by atoms with Crippen molar-refractivity contribution in [1.29, 1.82) is 0 Å². The minimum absolute atomic E-state index is 0.0798. The molecule has 1 aliphatic rings. The zero-order chi connectivity index (χ0) is 22.5. The number of hydrogen-bond donors (Lipinski definition) is 4. The number of rotatable bonds is 8. The number of amides is 3. The van der Waals surface area contributed by atoms with E-state index in [4.69, 9.17) is 0 Å². The number of para-hydroxylation sites is 1. The van der Waals surface area contributed by atoms with Gasteiger partial charge in [0.05, 0.1) is 6.54 Å². The molecule has 4 rings (SSSR count). The summed E-state index contributed by atoms with van der Waals surface area (Å²) in [7, 11) is 0. The monoisotopic (exact) mass is 432 g/mol. The van der Waals surface area contributed by atoms with Gasteiger partial charge in [-0.2, -0.15) is 0 Å². The lowest BCUT2D eigenvalue weighted by atomic mass is 10.1. The van der Waals surface area contributed by atoms with Gasteiger partial charge >= 0.3 is 0 Å². The number of hydrogen-bond acceptors (Lipinski definition) is 4. The molecule has 3 amide bonds. The number of aromatic amines is 1. The normalized spacial score (nSPS) is 13.9. The van der Waals surface area contributed by atoms with Crippen LogP contribution >= 0.6 is 0 Å². The summed E-state index contributed by atoms with van der Waals surface area (Å²) in [6.07, 6.45) is 3.55. The molecule has 2 aromatic carbocycles. The van der Waals surface area contributed by atoms with E-state index in [2.05, 4.69) is 20.9 Å². The smallest absolute Gasteiger partial charge is 0.257 e. The number of pyridine rings is 1. The van der Waals surface area contributed by atoms with E-state index in [9.17, 15) is 19.2 Å². The van der Waals surface area contributed by atoms with Crippen LogP contribution in [0.25, 0.3) is 10.9 Å². The molecule has 8 heteroatoms. The summed E-state index contributed by atoms with van der Waals surface area (Å²) in [6.45, 7) is -0.354. The molecule has 32 heavy (non-hydrogen) atoms. The van der Waals surface area contributed by atoms with Gasteiger partial charge in [0.25, 0.3) is 5.91 Å². The van der Waals surface area contributed by atoms with Gasteiger partial charge in [-0.1, -0.05) is 42.5 Å². The van der Waals surface area contributed by atoms with Crippen LogP contribution in [-0.2, 0) is 16.0 Å². The molecule has 8 nitrogen and oxygen atoms in total. The summed E-state index contributed by atoms with van der Waals surface area (Å²) in [5.74, 6) is -1.42. The van der Waals surface area contributed by atoms with E-state index in [1.165, 1.54) is 6.20 Å². The Balaban J connectivity index is 1.39. The van der Waals surface area contributed by atoms with Crippen LogP contribution in [0.2, 0.25) is 0 Å². The molecule has 1 atom stereocenters. The first kappa shape index (κ1) is 21.3. The van der Waals surface area contributed by atoms with Crippen LogP contribution in [0.4, 0.5) is 0 Å². The Labute approximate surface area is 184 Å². The van der Waals surface area contributed by atoms with Crippen molar-refractivity contribution in [2.75, 3.05) is 6.54 Å². The highest BCUT2D eigenvalue weighted by molar-refractivity contribution is 5.99. The van der Waals surface area contributed by atoms with Crippen molar-refractivity contribution in [3.63, 3.8) is 0 Å². The zero-order valence-corrected chi connectivity index (χ0v) is 17.4. The van der Waals surface area contributed by atoms with E-state index in [0.29, 0.717) is 17.3 Å². The van der Waals surface area contributed by atoms with Crippen molar-refractivity contribution < 1.29 is 14.4 Å². The van der Waals surface area contributed by atoms with Crippen LogP contribution in [-0.4, -0.2) is 41.3 Å². The molecule has 0 radical (unpaired) electrons. The van der Waals surface area contributed by atoms with Gasteiger partial charge in [-0.05, 0) is 30.5 Å². The highest BCUT2D eigenvalue weighted by atomic mass is 16.2. The molecule has 0 aliphatic heterocycles. The second-order valence-corrected chi connectivity index (χ2v) is 7.85. The molecule has 1 unspecified atom stereocenters. The van der Waals surface area contributed by atoms with E-state index in [0.717, 1.165) is 18.4 Å². The van der Waals surface area contributed by atoms with Crippen molar-refractivity contribution in [2.45, 2.75) is 31.3 Å². The van der Waals surface area contributed by atoms with Crippen LogP contribution < -0.4 is 21.4 Å². The predicted molar refractivity (Wildman–Crippen MR) is 120 cm³/mol. The fourth-order valence-corrected chi connectivity index (χ4v) is 3.43. The largest absolute Gasteiger partial charge is 0.360 e. The van der Waals surface area contributed by atoms with Gasteiger partial charge in [0, 0.05) is 29.6 Å². The Hall–Kier alpha value is -3.94. The molecule has 1 aromatic heterocycles. The number of aromatic nitrogens is 1. The minimum atomic E-state index is -0.758. The number of benzene rings is 2. The van der Waals surface area contributed by atoms with Gasteiger partial charge in [0.2, 0.25) is 17.2 Å². The van der Waals surface area contributed by atoms with Crippen LogP contribution in [0.1, 0.15) is 28.8 Å². The third kappa shape index (κ3) is 5.21. The van der Waals surface area contributed by atoms with Crippen molar-refractivity contribution >= 4 is 28.6 Å². The first-order valence-corrected chi connectivity index (χ1v) is 10.5. The summed E-state index contributed by atoms with van der Waals surface area (Å²) in [5.41, 5.74) is 1.04. The van der Waals surface area contributed by atoms with Crippen molar-refractivity contribution in [2.24, 2.45) is 0 Å². The Morgan fingerprint density at radius 2 is 1.72 bits per heavy atom. The van der Waals surface area contributed by atoms with E-state index in [1.54, 1.807) is 24.3 Å². The molecule has 1 heterocycles. The molecule has 164 valence electrons. The number of carbonyl (C=O) groups is 3. The highest BCUT2D eigenvalue weighted by Gasteiger charge is 2.28. The molecule has 1 saturated carbocycles. The molecule has 4 N–H and O–H groups in total. The molecular formula is C24H24N4O4. The summed E-state index contributed by atoms with van der Waals surface area (Å²) in [6, 6.07) is 15.7. The molecule has 3 aromatic rings. The van der Waals surface area contributed by atoms with E-state index < -0.39 is 23.3 Å². The number of nitrogens with one attached hydrogen (secondary N) is 4. The molecule has 0 spiro atoms. The molecule has 1 aliphatic carbocycles. The highest BCUT2D eigenvalue weighted by Crippen LogP contribution is 2.19. The maximum Gasteiger partial charge on any atom is 0.257 e. The Kier molecular flexibility index (Phi) is 6.30. The van der Waals surface area contributed by atoms with Crippen molar-refractivity contribution in [1.82, 2.24) is 20.9 Å². The summed E-state index contributed by atoms with van der Waals surface area (Å²) in [5, 5.41) is 8.46. The average molecular weight is 432 g/mol. The molecule has 0 saturated heterocycles. The minimum Gasteiger partial charge on any atom is -0.360 e. The summed E-state index contributed by atoms with van der Waals surface area (Å²) in [4.78, 5) is 53.1. The third-order valence-electron chi connectivity index (χ3n) is 5.30. The van der Waals surface area contributed by atoms with Crippen molar-refractivity contribution in [3.05, 3.63) is 82.1 Å². The van der Waals surface area contributed by atoms with E-state index in [-0.39, 0.29) is 24.1 Å². The van der Waals surface area contributed by atoms with Gasteiger partial charge in [-0.3, -0.25) is 19.2 Å². The maximum absolute atomic E-state index is 12.6. The van der Waals surface area contributed by atoms with Crippen LogP contribution in [0.5, 0.6) is 0 Å². The summed E-state index contributed by atoms with van der Waals surface area (Å²) >= 11 is 0. The van der Waals surface area contributed by atoms with Gasteiger partial charge in [-0.15, -0.1) is 0 Å². The summed E-state index contributed by atoms with van der Waals surface area (Å²) < 4.78 is 0. The Bertz CT molecular complexity index is 1200. The SMILES string of the molecule is O=C(CNC(=O)c1c[nH]c2ccccc2c1=O)NC(Cc1ccccc1)C(=O)NC1CC1. The lowest BCUT2D eigenvalue weighted by Gasteiger charge is -2.19. The Morgan fingerprint density at radius 1 is 1.00 bits per heavy atom. The van der Waals surface area contributed by atoms with Crippen LogP contribution in [0.15, 0.2) is 65.6 Å². The second-order valence-electron chi connectivity index (χ2n) is 7.85. The first-order chi connectivity index (χ1) is 15.5.